The highest BCUT2D eigenvalue weighted by Crippen LogP contribution is 2.52. The largest absolute Gasteiger partial charge is 0.0955 e. The van der Waals surface area contributed by atoms with Crippen molar-refractivity contribution >= 4 is 5.57 Å². The molecule has 2 unspecified atom stereocenters. The quantitative estimate of drug-likeness (QED) is 0.369. The van der Waals surface area contributed by atoms with E-state index in [1.54, 1.807) is 16.7 Å². The number of aryl methyl sites for hydroxylation is 1. The molecular formula is C34H50. The standard InChI is InChI=1S/C21H34.C13H16/c1-4-10-18-15-20(19-11-8-7-9-12-19)17-21(16-18,13-5-2)14-6-3;1-10(2)12-9-5-7-11-6-3-4-8-13(11)12/h7-9,11-12,18,20H,4-6,10,13-17H2,1-3H3;5,7,9H,1,3-4,6,8H2,2H3. The molecule has 0 heterocycles. The first-order valence-corrected chi connectivity index (χ1v) is 14.3. The fourth-order valence-corrected chi connectivity index (χ4v) is 7.17. The second kappa shape index (κ2) is 13.3. The molecule has 0 amide bonds. The minimum Gasteiger partial charge on any atom is -0.0955 e. The van der Waals surface area contributed by atoms with Crippen molar-refractivity contribution in [2.24, 2.45) is 11.3 Å². The van der Waals surface area contributed by atoms with Crippen LogP contribution < -0.4 is 0 Å². The zero-order valence-corrected chi connectivity index (χ0v) is 22.7. The summed E-state index contributed by atoms with van der Waals surface area (Å²) in [7, 11) is 0. The van der Waals surface area contributed by atoms with Crippen LogP contribution >= 0.6 is 0 Å². The maximum atomic E-state index is 4.03. The van der Waals surface area contributed by atoms with Crippen LogP contribution in [0.5, 0.6) is 0 Å². The van der Waals surface area contributed by atoms with Crippen molar-refractivity contribution in [1.29, 1.82) is 0 Å². The summed E-state index contributed by atoms with van der Waals surface area (Å²) in [6.07, 6.45) is 17.9. The van der Waals surface area contributed by atoms with Crippen LogP contribution in [0, 0.1) is 11.3 Å². The minimum atomic E-state index is 0.627. The molecule has 2 aliphatic carbocycles. The predicted molar refractivity (Wildman–Crippen MR) is 151 cm³/mol. The van der Waals surface area contributed by atoms with E-state index in [9.17, 15) is 0 Å². The summed E-state index contributed by atoms with van der Waals surface area (Å²) < 4.78 is 0. The van der Waals surface area contributed by atoms with Gasteiger partial charge in [0, 0.05) is 0 Å². The van der Waals surface area contributed by atoms with Gasteiger partial charge in [0.25, 0.3) is 0 Å². The van der Waals surface area contributed by atoms with Crippen molar-refractivity contribution in [1.82, 2.24) is 0 Å². The third kappa shape index (κ3) is 7.10. The number of fused-ring (bicyclic) bond motifs is 1. The SMILES string of the molecule is C=C(C)c1cccc2c1CCCC2.CCCC1CC(c2ccccc2)CC(CCC)(CCC)C1. The minimum absolute atomic E-state index is 0.627. The number of rotatable bonds is 8. The molecule has 1 saturated carbocycles. The lowest BCUT2D eigenvalue weighted by atomic mass is 9.60. The molecule has 0 aliphatic heterocycles. The average Bonchev–Trinajstić information content (AvgIpc) is 2.85. The van der Waals surface area contributed by atoms with Crippen LogP contribution in [0.25, 0.3) is 5.57 Å². The van der Waals surface area contributed by atoms with Crippen LogP contribution in [0.3, 0.4) is 0 Å². The zero-order chi connectivity index (χ0) is 24.4. The summed E-state index contributed by atoms with van der Waals surface area (Å²) in [4.78, 5) is 0. The molecule has 0 N–H and O–H groups in total. The molecular weight excluding hydrogens is 408 g/mol. The van der Waals surface area contributed by atoms with Crippen molar-refractivity contribution in [3.05, 3.63) is 77.4 Å². The van der Waals surface area contributed by atoms with Crippen molar-refractivity contribution in [2.75, 3.05) is 0 Å². The van der Waals surface area contributed by atoms with Crippen molar-refractivity contribution in [3.63, 3.8) is 0 Å². The lowest BCUT2D eigenvalue weighted by Gasteiger charge is -2.45. The van der Waals surface area contributed by atoms with E-state index in [1.807, 2.05) is 0 Å². The van der Waals surface area contributed by atoms with Crippen LogP contribution in [0.1, 0.15) is 126 Å². The molecule has 2 aliphatic rings. The van der Waals surface area contributed by atoms with Crippen LogP contribution in [0.2, 0.25) is 0 Å². The Balaban J connectivity index is 0.000000212. The molecule has 186 valence electrons. The number of hydrogen-bond donors (Lipinski definition) is 0. The normalized spacial score (nSPS) is 21.2. The molecule has 0 saturated heterocycles. The smallest absolute Gasteiger partial charge is 0.0154 e. The number of allylic oxidation sites excluding steroid dienone is 1. The van der Waals surface area contributed by atoms with Gasteiger partial charge >= 0.3 is 0 Å². The molecule has 4 rings (SSSR count). The fourth-order valence-electron chi connectivity index (χ4n) is 7.17. The summed E-state index contributed by atoms with van der Waals surface area (Å²) in [5, 5.41) is 0. The summed E-state index contributed by atoms with van der Waals surface area (Å²) in [5.41, 5.74) is 7.92. The van der Waals surface area contributed by atoms with Gasteiger partial charge in [-0.25, -0.2) is 0 Å². The van der Waals surface area contributed by atoms with Gasteiger partial charge in [-0.05, 0) is 104 Å². The first kappa shape index (κ1) is 26.8. The molecule has 2 aromatic carbocycles. The highest BCUT2D eigenvalue weighted by molar-refractivity contribution is 5.66. The lowest BCUT2D eigenvalue weighted by Crippen LogP contribution is -2.32. The zero-order valence-electron chi connectivity index (χ0n) is 22.7. The molecule has 0 aromatic heterocycles. The molecule has 34 heavy (non-hydrogen) atoms. The monoisotopic (exact) mass is 458 g/mol. The van der Waals surface area contributed by atoms with Gasteiger partial charge in [-0.15, -0.1) is 0 Å². The molecule has 0 spiro atoms. The third-order valence-corrected chi connectivity index (χ3v) is 8.40. The van der Waals surface area contributed by atoms with Crippen LogP contribution in [-0.4, -0.2) is 0 Å². The number of benzene rings is 2. The van der Waals surface area contributed by atoms with E-state index in [1.165, 1.54) is 94.6 Å². The Morgan fingerprint density at radius 1 is 0.853 bits per heavy atom. The topological polar surface area (TPSA) is 0 Å². The highest BCUT2D eigenvalue weighted by Gasteiger charge is 2.39. The van der Waals surface area contributed by atoms with E-state index in [2.05, 4.69) is 82.8 Å². The second-order valence-corrected chi connectivity index (χ2v) is 11.3. The molecule has 0 bridgehead atoms. The van der Waals surface area contributed by atoms with E-state index in [0.29, 0.717) is 5.41 Å². The first-order valence-electron chi connectivity index (χ1n) is 14.3. The predicted octanol–water partition coefficient (Wildman–Crippen LogP) is 10.6. The van der Waals surface area contributed by atoms with Gasteiger partial charge in [0.05, 0.1) is 0 Å². The van der Waals surface area contributed by atoms with E-state index in [0.717, 1.165) is 11.8 Å². The third-order valence-electron chi connectivity index (χ3n) is 8.40. The van der Waals surface area contributed by atoms with E-state index >= 15 is 0 Å². The van der Waals surface area contributed by atoms with Crippen molar-refractivity contribution < 1.29 is 0 Å². The highest BCUT2D eigenvalue weighted by atomic mass is 14.4. The van der Waals surface area contributed by atoms with Gasteiger partial charge in [-0.3, -0.25) is 0 Å². The van der Waals surface area contributed by atoms with Crippen molar-refractivity contribution in [3.8, 4) is 0 Å². The molecule has 0 radical (unpaired) electrons. The summed E-state index contributed by atoms with van der Waals surface area (Å²) in [6.45, 7) is 13.2. The number of hydrogen-bond acceptors (Lipinski definition) is 0. The molecule has 0 nitrogen and oxygen atoms in total. The Morgan fingerprint density at radius 2 is 1.56 bits per heavy atom. The Kier molecular flexibility index (Phi) is 10.5. The molecule has 0 heteroatoms. The first-order chi connectivity index (χ1) is 16.5. The Hall–Kier alpha value is -1.82. The maximum absolute atomic E-state index is 4.03. The van der Waals surface area contributed by atoms with Gasteiger partial charge < -0.3 is 0 Å². The van der Waals surface area contributed by atoms with Gasteiger partial charge in [0.1, 0.15) is 0 Å². The Bertz CT molecular complexity index is 868. The molecule has 1 fully saturated rings. The van der Waals surface area contributed by atoms with Crippen molar-refractivity contribution in [2.45, 2.75) is 117 Å². The van der Waals surface area contributed by atoms with E-state index in [-0.39, 0.29) is 0 Å². The van der Waals surface area contributed by atoms with Gasteiger partial charge in [0.2, 0.25) is 0 Å². The van der Waals surface area contributed by atoms with Gasteiger partial charge in [-0.1, -0.05) is 107 Å². The van der Waals surface area contributed by atoms with Crippen LogP contribution in [-0.2, 0) is 12.8 Å². The summed E-state index contributed by atoms with van der Waals surface area (Å²) in [5.74, 6) is 1.75. The van der Waals surface area contributed by atoms with Crippen LogP contribution in [0.15, 0.2) is 55.1 Å². The fraction of sp³-hybridized carbons (Fsp3) is 0.588. The summed E-state index contributed by atoms with van der Waals surface area (Å²) >= 11 is 0. The van der Waals surface area contributed by atoms with Gasteiger partial charge in [-0.2, -0.15) is 0 Å². The van der Waals surface area contributed by atoms with E-state index < -0.39 is 0 Å². The van der Waals surface area contributed by atoms with E-state index in [4.69, 9.17) is 0 Å². The molecule has 2 aromatic rings. The average molecular weight is 459 g/mol. The van der Waals surface area contributed by atoms with Crippen LogP contribution in [0.4, 0.5) is 0 Å². The summed E-state index contributed by atoms with van der Waals surface area (Å²) in [6, 6.07) is 18.0. The Morgan fingerprint density at radius 3 is 2.21 bits per heavy atom. The second-order valence-electron chi connectivity index (χ2n) is 11.3. The molecule has 2 atom stereocenters. The lowest BCUT2D eigenvalue weighted by molar-refractivity contribution is 0.0904. The van der Waals surface area contributed by atoms with Gasteiger partial charge in [0.15, 0.2) is 0 Å². The maximum Gasteiger partial charge on any atom is -0.0154 e. The Labute approximate surface area is 211 Å².